The van der Waals surface area contributed by atoms with Crippen LogP contribution >= 0.6 is 0 Å². The molecular formula is C19H25NO2. The lowest BCUT2D eigenvalue weighted by molar-refractivity contribution is -0.143. The lowest BCUT2D eigenvalue weighted by atomic mass is 9.89. The molecule has 3 heteroatoms. The number of carbonyl (C=O) groups is 1. The van der Waals surface area contributed by atoms with Gasteiger partial charge in [0, 0.05) is 0 Å². The lowest BCUT2D eigenvalue weighted by Crippen LogP contribution is -2.09. The highest BCUT2D eigenvalue weighted by atomic mass is 16.5. The van der Waals surface area contributed by atoms with Gasteiger partial charge in [-0.25, -0.2) is 0 Å². The van der Waals surface area contributed by atoms with E-state index in [0.717, 1.165) is 5.56 Å². The Morgan fingerprint density at radius 1 is 1.23 bits per heavy atom. The molecule has 1 fully saturated rings. The molecule has 3 nitrogen and oxygen atoms in total. The monoisotopic (exact) mass is 299 g/mol. The van der Waals surface area contributed by atoms with Gasteiger partial charge in [0.15, 0.2) is 0 Å². The smallest absolute Gasteiger partial charge is 0.307 e. The van der Waals surface area contributed by atoms with Crippen LogP contribution in [0.25, 0.3) is 0 Å². The van der Waals surface area contributed by atoms with E-state index in [4.69, 9.17) is 4.74 Å². The molecule has 1 aliphatic carbocycles. The average Bonchev–Trinajstić information content (AvgIpc) is 2.82. The molecule has 22 heavy (non-hydrogen) atoms. The van der Waals surface area contributed by atoms with Crippen LogP contribution in [0.5, 0.6) is 0 Å². The first-order valence-electron chi connectivity index (χ1n) is 8.39. The summed E-state index contributed by atoms with van der Waals surface area (Å²) < 4.78 is 4.94. The summed E-state index contributed by atoms with van der Waals surface area (Å²) in [6.45, 7) is 2.14. The topological polar surface area (TPSA) is 50.1 Å². The molecule has 0 aromatic heterocycles. The molecule has 0 N–H and O–H groups in total. The van der Waals surface area contributed by atoms with E-state index < -0.39 is 5.92 Å². The van der Waals surface area contributed by atoms with Crippen molar-refractivity contribution in [2.75, 3.05) is 6.61 Å². The standard InChI is InChI=1S/C19H25NO2/c1-2-22-19(21)13-18(14-20)17-11-9-16(10-12-17)15-7-5-3-4-6-8-15/h9-12,15,18H,2-8,13H2,1H3/t18-/m0/s1. The van der Waals surface area contributed by atoms with Crippen molar-refractivity contribution in [2.45, 2.75) is 63.7 Å². The summed E-state index contributed by atoms with van der Waals surface area (Å²) in [6.07, 6.45) is 8.00. The highest BCUT2D eigenvalue weighted by Crippen LogP contribution is 2.32. The van der Waals surface area contributed by atoms with Gasteiger partial charge < -0.3 is 4.74 Å². The van der Waals surface area contributed by atoms with Gasteiger partial charge in [0.05, 0.1) is 25.0 Å². The van der Waals surface area contributed by atoms with Crippen molar-refractivity contribution in [3.05, 3.63) is 35.4 Å². The zero-order valence-corrected chi connectivity index (χ0v) is 13.4. The van der Waals surface area contributed by atoms with Crippen molar-refractivity contribution >= 4 is 5.97 Å². The van der Waals surface area contributed by atoms with E-state index in [2.05, 4.69) is 18.2 Å². The fourth-order valence-electron chi connectivity index (χ4n) is 3.24. The van der Waals surface area contributed by atoms with Crippen LogP contribution in [0.2, 0.25) is 0 Å². The van der Waals surface area contributed by atoms with Gasteiger partial charge in [0.1, 0.15) is 0 Å². The molecular weight excluding hydrogens is 274 g/mol. The van der Waals surface area contributed by atoms with Gasteiger partial charge in [-0.05, 0) is 36.8 Å². The number of nitriles is 1. The lowest BCUT2D eigenvalue weighted by Gasteiger charge is -2.16. The van der Waals surface area contributed by atoms with Crippen molar-refractivity contribution in [3.8, 4) is 6.07 Å². The first-order valence-corrected chi connectivity index (χ1v) is 8.39. The summed E-state index contributed by atoms with van der Waals surface area (Å²) in [4.78, 5) is 11.6. The average molecular weight is 299 g/mol. The zero-order valence-electron chi connectivity index (χ0n) is 13.4. The van der Waals surface area contributed by atoms with E-state index in [1.165, 1.54) is 44.1 Å². The number of hydrogen-bond acceptors (Lipinski definition) is 3. The third-order valence-corrected chi connectivity index (χ3v) is 4.50. The number of nitrogens with zero attached hydrogens (tertiary/aromatic N) is 1. The molecule has 118 valence electrons. The maximum atomic E-state index is 11.6. The number of esters is 1. The SMILES string of the molecule is CCOC(=O)C[C@@H](C#N)c1ccc(C2CCCCCC2)cc1. The van der Waals surface area contributed by atoms with Crippen molar-refractivity contribution < 1.29 is 9.53 Å². The van der Waals surface area contributed by atoms with Gasteiger partial charge >= 0.3 is 5.97 Å². The number of benzene rings is 1. The van der Waals surface area contributed by atoms with Crippen molar-refractivity contribution in [3.63, 3.8) is 0 Å². The number of hydrogen-bond donors (Lipinski definition) is 0. The molecule has 0 unspecified atom stereocenters. The normalized spacial score (nSPS) is 17.3. The number of rotatable bonds is 5. The van der Waals surface area contributed by atoms with Crippen molar-refractivity contribution in [1.82, 2.24) is 0 Å². The van der Waals surface area contributed by atoms with Crippen LogP contribution in [0.3, 0.4) is 0 Å². The molecule has 0 amide bonds. The third kappa shape index (κ3) is 4.59. The Morgan fingerprint density at radius 2 is 1.86 bits per heavy atom. The van der Waals surface area contributed by atoms with Crippen molar-refractivity contribution in [1.29, 1.82) is 5.26 Å². The van der Waals surface area contributed by atoms with E-state index in [-0.39, 0.29) is 12.4 Å². The van der Waals surface area contributed by atoms with Crippen molar-refractivity contribution in [2.24, 2.45) is 0 Å². The molecule has 0 spiro atoms. The first kappa shape index (κ1) is 16.5. The fourth-order valence-corrected chi connectivity index (χ4v) is 3.24. The second kappa shape index (κ2) is 8.58. The van der Waals surface area contributed by atoms with Crippen LogP contribution in [0.4, 0.5) is 0 Å². The van der Waals surface area contributed by atoms with Crippen LogP contribution in [0.1, 0.15) is 74.8 Å². The Kier molecular flexibility index (Phi) is 6.45. The number of carbonyl (C=O) groups excluding carboxylic acids is 1. The minimum atomic E-state index is -0.415. The summed E-state index contributed by atoms with van der Waals surface area (Å²) in [5.74, 6) is -0.0636. The summed E-state index contributed by atoms with van der Waals surface area (Å²) >= 11 is 0. The molecule has 2 rings (SSSR count). The second-order valence-corrected chi connectivity index (χ2v) is 6.05. The van der Waals surface area contributed by atoms with Crippen LogP contribution in [0, 0.1) is 11.3 Å². The molecule has 1 atom stereocenters. The predicted molar refractivity (Wildman–Crippen MR) is 86.5 cm³/mol. The van der Waals surface area contributed by atoms with Crippen LogP contribution in [0.15, 0.2) is 24.3 Å². The first-order chi connectivity index (χ1) is 10.7. The van der Waals surface area contributed by atoms with Crippen LogP contribution in [-0.2, 0) is 9.53 Å². The van der Waals surface area contributed by atoms with Gasteiger partial charge in [-0.1, -0.05) is 49.9 Å². The second-order valence-electron chi connectivity index (χ2n) is 6.05. The summed E-state index contributed by atoms with van der Waals surface area (Å²) in [7, 11) is 0. The Bertz CT molecular complexity index is 507. The molecule has 1 aromatic carbocycles. The Labute approximate surface area is 133 Å². The van der Waals surface area contributed by atoms with E-state index in [9.17, 15) is 10.1 Å². The molecule has 0 aliphatic heterocycles. The van der Waals surface area contributed by atoms with Gasteiger partial charge in [0.25, 0.3) is 0 Å². The summed E-state index contributed by atoms with van der Waals surface area (Å²) in [6, 6.07) is 10.5. The minimum absolute atomic E-state index is 0.132. The molecule has 0 bridgehead atoms. The molecule has 0 saturated heterocycles. The Balaban J connectivity index is 2.03. The Hall–Kier alpha value is -1.82. The number of ether oxygens (including phenoxy) is 1. The Morgan fingerprint density at radius 3 is 2.41 bits per heavy atom. The van der Waals surface area contributed by atoms with Gasteiger partial charge in [0.2, 0.25) is 0 Å². The van der Waals surface area contributed by atoms with Gasteiger partial charge in [-0.3, -0.25) is 4.79 Å². The third-order valence-electron chi connectivity index (χ3n) is 4.50. The van der Waals surface area contributed by atoms with E-state index >= 15 is 0 Å². The van der Waals surface area contributed by atoms with Gasteiger partial charge in [-0.15, -0.1) is 0 Å². The van der Waals surface area contributed by atoms with Crippen LogP contribution < -0.4 is 0 Å². The highest BCUT2D eigenvalue weighted by molar-refractivity contribution is 5.71. The maximum Gasteiger partial charge on any atom is 0.307 e. The van der Waals surface area contributed by atoms with E-state index in [1.54, 1.807) is 6.92 Å². The molecule has 1 aliphatic rings. The fraction of sp³-hybridized carbons (Fsp3) is 0.579. The van der Waals surface area contributed by atoms with Crippen LogP contribution in [-0.4, -0.2) is 12.6 Å². The molecule has 0 radical (unpaired) electrons. The predicted octanol–water partition coefficient (Wildman–Crippen LogP) is 4.68. The summed E-state index contributed by atoms with van der Waals surface area (Å²) in [5.41, 5.74) is 2.28. The largest absolute Gasteiger partial charge is 0.466 e. The zero-order chi connectivity index (χ0) is 15.8. The highest BCUT2D eigenvalue weighted by Gasteiger charge is 2.18. The van der Waals surface area contributed by atoms with E-state index in [0.29, 0.717) is 12.5 Å². The molecule has 0 heterocycles. The van der Waals surface area contributed by atoms with Gasteiger partial charge in [-0.2, -0.15) is 5.26 Å². The maximum absolute atomic E-state index is 11.6. The molecule has 1 saturated carbocycles. The molecule has 1 aromatic rings. The van der Waals surface area contributed by atoms with E-state index in [1.807, 2.05) is 12.1 Å². The minimum Gasteiger partial charge on any atom is -0.466 e. The summed E-state index contributed by atoms with van der Waals surface area (Å²) in [5, 5.41) is 9.29. The quantitative estimate of drug-likeness (QED) is 0.585.